The van der Waals surface area contributed by atoms with E-state index in [-0.39, 0.29) is 30.6 Å². The van der Waals surface area contributed by atoms with Crippen LogP contribution in [-0.4, -0.2) is 35.8 Å². The standard InChI is InChI=1S/C16H26N2O3S/c1-10-14(22-16(17-10)11(2)21-3)15(20)18-13-8-6-4-5-7-12(13)9-19/h11-13,19H,4-9H2,1-3H3,(H,18,20). The molecule has 22 heavy (non-hydrogen) atoms. The van der Waals surface area contributed by atoms with Gasteiger partial charge in [-0.25, -0.2) is 4.98 Å². The molecular weight excluding hydrogens is 300 g/mol. The third-order valence-corrected chi connectivity index (χ3v) is 5.75. The van der Waals surface area contributed by atoms with Crippen LogP contribution >= 0.6 is 11.3 Å². The third-order valence-electron chi connectivity index (χ3n) is 4.43. The van der Waals surface area contributed by atoms with Crippen molar-refractivity contribution in [2.45, 2.75) is 58.1 Å². The Morgan fingerprint density at radius 3 is 2.86 bits per heavy atom. The SMILES string of the molecule is COC(C)c1nc(C)c(C(=O)NC2CCCCCC2CO)s1. The first kappa shape index (κ1) is 17.4. The number of thiazole rings is 1. The minimum Gasteiger partial charge on any atom is -0.396 e. The fourth-order valence-corrected chi connectivity index (χ4v) is 3.93. The number of aliphatic hydroxyl groups excluding tert-OH is 1. The summed E-state index contributed by atoms with van der Waals surface area (Å²) in [5.41, 5.74) is 0.746. The predicted molar refractivity (Wildman–Crippen MR) is 87.2 cm³/mol. The average Bonchev–Trinajstić information content (AvgIpc) is 2.76. The number of nitrogens with one attached hydrogen (secondary N) is 1. The molecule has 1 aliphatic rings. The summed E-state index contributed by atoms with van der Waals surface area (Å²) in [6.45, 7) is 3.92. The molecule has 0 aromatic carbocycles. The van der Waals surface area contributed by atoms with Crippen LogP contribution in [0.1, 0.15) is 65.5 Å². The Kier molecular flexibility index (Phi) is 6.35. The number of ether oxygens (including phenoxy) is 1. The number of aliphatic hydroxyl groups is 1. The van der Waals surface area contributed by atoms with E-state index >= 15 is 0 Å². The molecule has 3 atom stereocenters. The minimum atomic E-state index is -0.103. The number of aromatic nitrogens is 1. The molecule has 1 fully saturated rings. The van der Waals surface area contributed by atoms with E-state index < -0.39 is 0 Å². The summed E-state index contributed by atoms with van der Waals surface area (Å²) in [7, 11) is 1.64. The van der Waals surface area contributed by atoms with Crippen molar-refractivity contribution in [3.8, 4) is 0 Å². The Hall–Kier alpha value is -0.980. The van der Waals surface area contributed by atoms with E-state index in [0.29, 0.717) is 4.88 Å². The number of rotatable bonds is 5. The number of carbonyl (C=O) groups is 1. The van der Waals surface area contributed by atoms with Gasteiger partial charge >= 0.3 is 0 Å². The van der Waals surface area contributed by atoms with Gasteiger partial charge in [0.05, 0.1) is 5.69 Å². The molecule has 1 saturated carbocycles. The van der Waals surface area contributed by atoms with Crippen LogP contribution in [0.5, 0.6) is 0 Å². The topological polar surface area (TPSA) is 71.5 Å². The highest BCUT2D eigenvalue weighted by atomic mass is 32.1. The second-order valence-corrected chi connectivity index (χ2v) is 7.04. The maximum Gasteiger partial charge on any atom is 0.263 e. The zero-order valence-electron chi connectivity index (χ0n) is 13.6. The van der Waals surface area contributed by atoms with Crippen LogP contribution in [0.25, 0.3) is 0 Å². The lowest BCUT2D eigenvalue weighted by molar-refractivity contribution is 0.0903. The third kappa shape index (κ3) is 4.06. The van der Waals surface area contributed by atoms with Gasteiger partial charge in [-0.1, -0.05) is 19.3 Å². The van der Waals surface area contributed by atoms with Crippen molar-refractivity contribution < 1.29 is 14.6 Å². The van der Waals surface area contributed by atoms with E-state index in [1.165, 1.54) is 17.8 Å². The van der Waals surface area contributed by atoms with E-state index in [9.17, 15) is 9.90 Å². The number of nitrogens with zero attached hydrogens (tertiary/aromatic N) is 1. The Morgan fingerprint density at radius 2 is 2.18 bits per heavy atom. The van der Waals surface area contributed by atoms with Gasteiger partial charge in [-0.3, -0.25) is 4.79 Å². The number of carbonyl (C=O) groups excluding carboxylic acids is 1. The molecule has 0 saturated heterocycles. The Bertz CT molecular complexity index is 504. The molecule has 0 spiro atoms. The average molecular weight is 326 g/mol. The van der Waals surface area contributed by atoms with E-state index in [4.69, 9.17) is 4.74 Å². The summed E-state index contributed by atoms with van der Waals surface area (Å²) >= 11 is 1.39. The fraction of sp³-hybridized carbons (Fsp3) is 0.750. The van der Waals surface area contributed by atoms with Gasteiger partial charge in [0.15, 0.2) is 0 Å². The van der Waals surface area contributed by atoms with E-state index in [0.717, 1.165) is 36.4 Å². The molecule has 124 valence electrons. The van der Waals surface area contributed by atoms with Crippen molar-refractivity contribution in [1.82, 2.24) is 10.3 Å². The van der Waals surface area contributed by atoms with Crippen molar-refractivity contribution in [2.75, 3.05) is 13.7 Å². The number of hydrogen-bond acceptors (Lipinski definition) is 5. The van der Waals surface area contributed by atoms with Crippen LogP contribution in [0.2, 0.25) is 0 Å². The predicted octanol–water partition coefficient (Wildman–Crippen LogP) is 2.83. The van der Waals surface area contributed by atoms with E-state index in [1.54, 1.807) is 7.11 Å². The second-order valence-electron chi connectivity index (χ2n) is 6.01. The van der Waals surface area contributed by atoms with E-state index in [1.807, 2.05) is 13.8 Å². The fourth-order valence-electron chi connectivity index (χ4n) is 2.93. The summed E-state index contributed by atoms with van der Waals surface area (Å²) in [5.74, 6) is 0.0898. The van der Waals surface area contributed by atoms with Crippen molar-refractivity contribution in [3.05, 3.63) is 15.6 Å². The Morgan fingerprint density at radius 1 is 1.45 bits per heavy atom. The van der Waals surface area contributed by atoms with Gasteiger partial charge < -0.3 is 15.2 Å². The molecule has 0 radical (unpaired) electrons. The lowest BCUT2D eigenvalue weighted by Gasteiger charge is -2.24. The molecule has 1 amide bonds. The summed E-state index contributed by atoms with van der Waals surface area (Å²) in [6.07, 6.45) is 5.23. The molecule has 0 aliphatic heterocycles. The van der Waals surface area contributed by atoms with Gasteiger partial charge in [-0.2, -0.15) is 0 Å². The highest BCUT2D eigenvalue weighted by Gasteiger charge is 2.26. The summed E-state index contributed by atoms with van der Waals surface area (Å²) in [5, 5.41) is 13.5. The van der Waals surface area contributed by atoms with Crippen molar-refractivity contribution in [2.24, 2.45) is 5.92 Å². The second kappa shape index (κ2) is 8.04. The summed E-state index contributed by atoms with van der Waals surface area (Å²) in [6, 6.07) is 0.0600. The smallest absolute Gasteiger partial charge is 0.263 e. The van der Waals surface area contributed by atoms with Crippen LogP contribution in [0, 0.1) is 12.8 Å². The molecule has 0 bridgehead atoms. The van der Waals surface area contributed by atoms with E-state index in [2.05, 4.69) is 10.3 Å². The number of methoxy groups -OCH3 is 1. The highest BCUT2D eigenvalue weighted by molar-refractivity contribution is 7.13. The Labute approximate surface area is 136 Å². The zero-order valence-corrected chi connectivity index (χ0v) is 14.4. The molecule has 1 aliphatic carbocycles. The number of aryl methyl sites for hydroxylation is 1. The molecular formula is C16H26N2O3S. The van der Waals surface area contributed by atoms with Crippen LogP contribution in [0.15, 0.2) is 0 Å². The monoisotopic (exact) mass is 326 g/mol. The van der Waals surface area contributed by atoms with Gasteiger partial charge in [0.25, 0.3) is 5.91 Å². The van der Waals surface area contributed by atoms with Crippen LogP contribution in [0.3, 0.4) is 0 Å². The molecule has 5 nitrogen and oxygen atoms in total. The first-order valence-corrected chi connectivity index (χ1v) is 8.80. The maximum atomic E-state index is 12.6. The van der Waals surface area contributed by atoms with Gasteiger partial charge in [-0.05, 0) is 26.7 Å². The first-order chi connectivity index (χ1) is 10.6. The van der Waals surface area contributed by atoms with Crippen LogP contribution in [0.4, 0.5) is 0 Å². The molecule has 3 unspecified atom stereocenters. The normalized spacial score (nSPS) is 23.8. The molecule has 1 aromatic rings. The number of hydrogen-bond donors (Lipinski definition) is 2. The van der Waals surface area contributed by atoms with Crippen LogP contribution in [-0.2, 0) is 4.74 Å². The number of amides is 1. The molecule has 1 aromatic heterocycles. The largest absolute Gasteiger partial charge is 0.396 e. The Balaban J connectivity index is 2.09. The van der Waals surface area contributed by atoms with Crippen LogP contribution < -0.4 is 5.32 Å². The van der Waals surface area contributed by atoms with Gasteiger partial charge in [0.1, 0.15) is 16.0 Å². The maximum absolute atomic E-state index is 12.6. The quantitative estimate of drug-likeness (QED) is 0.816. The lowest BCUT2D eigenvalue weighted by atomic mass is 9.95. The first-order valence-electron chi connectivity index (χ1n) is 7.98. The minimum absolute atomic E-state index is 0.0600. The molecule has 2 N–H and O–H groups in total. The zero-order chi connectivity index (χ0) is 16.1. The summed E-state index contributed by atoms with van der Waals surface area (Å²) < 4.78 is 5.27. The van der Waals surface area contributed by atoms with Gasteiger partial charge in [0, 0.05) is 25.7 Å². The molecule has 6 heteroatoms. The van der Waals surface area contributed by atoms with Crippen molar-refractivity contribution >= 4 is 17.2 Å². The lowest BCUT2D eigenvalue weighted by Crippen LogP contribution is -2.41. The van der Waals surface area contributed by atoms with Crippen molar-refractivity contribution in [3.63, 3.8) is 0 Å². The van der Waals surface area contributed by atoms with Gasteiger partial charge in [0.2, 0.25) is 0 Å². The molecule has 1 heterocycles. The highest BCUT2D eigenvalue weighted by Crippen LogP contribution is 2.27. The van der Waals surface area contributed by atoms with Crippen molar-refractivity contribution in [1.29, 1.82) is 0 Å². The summed E-state index contributed by atoms with van der Waals surface area (Å²) in [4.78, 5) is 17.7. The molecule has 2 rings (SSSR count). The van der Waals surface area contributed by atoms with Gasteiger partial charge in [-0.15, -0.1) is 11.3 Å².